The Hall–Kier alpha value is -1.78. The van der Waals surface area contributed by atoms with Gasteiger partial charge in [0.25, 0.3) is 5.91 Å². The van der Waals surface area contributed by atoms with Crippen LogP contribution in [-0.2, 0) is 4.79 Å². The molecular formula is C15H22N2O3. The maximum atomic E-state index is 12.1. The third-order valence-corrected chi connectivity index (χ3v) is 3.92. The van der Waals surface area contributed by atoms with Gasteiger partial charge in [0.15, 0.2) is 0 Å². The molecule has 0 spiro atoms. The van der Waals surface area contributed by atoms with Gasteiger partial charge in [0.1, 0.15) is 6.26 Å². The average Bonchev–Trinajstić information content (AvgIpc) is 3.00. The van der Waals surface area contributed by atoms with E-state index in [-0.39, 0.29) is 23.8 Å². The van der Waals surface area contributed by atoms with Crippen LogP contribution in [0, 0.1) is 5.92 Å². The molecule has 1 fully saturated rings. The minimum atomic E-state index is -0.0143. The Morgan fingerprint density at radius 1 is 1.45 bits per heavy atom. The van der Waals surface area contributed by atoms with E-state index in [1.165, 1.54) is 12.5 Å². The van der Waals surface area contributed by atoms with Crippen LogP contribution in [0.3, 0.4) is 0 Å². The van der Waals surface area contributed by atoms with Crippen LogP contribution < -0.4 is 5.32 Å². The minimum Gasteiger partial charge on any atom is -0.472 e. The molecule has 1 aromatic heterocycles. The lowest BCUT2D eigenvalue weighted by atomic mass is 9.95. The van der Waals surface area contributed by atoms with Crippen molar-refractivity contribution in [3.63, 3.8) is 0 Å². The van der Waals surface area contributed by atoms with Crippen molar-refractivity contribution in [1.82, 2.24) is 10.2 Å². The summed E-state index contributed by atoms with van der Waals surface area (Å²) in [4.78, 5) is 26.0. The molecule has 0 bridgehead atoms. The van der Waals surface area contributed by atoms with Gasteiger partial charge < -0.3 is 14.6 Å². The SMILES string of the molecule is CC[C@H](C)NC(=O)C1CCN(C(=O)c2ccoc2)CC1. The van der Waals surface area contributed by atoms with Gasteiger partial charge in [0, 0.05) is 25.0 Å². The maximum Gasteiger partial charge on any atom is 0.257 e. The molecule has 5 nitrogen and oxygen atoms in total. The zero-order chi connectivity index (χ0) is 14.5. The second kappa shape index (κ2) is 6.59. The largest absolute Gasteiger partial charge is 0.472 e. The summed E-state index contributed by atoms with van der Waals surface area (Å²) in [6.45, 7) is 5.32. The average molecular weight is 278 g/mol. The number of rotatable bonds is 4. The van der Waals surface area contributed by atoms with Crippen LogP contribution >= 0.6 is 0 Å². The van der Waals surface area contributed by atoms with Crippen molar-refractivity contribution in [3.05, 3.63) is 24.2 Å². The van der Waals surface area contributed by atoms with E-state index in [0.29, 0.717) is 18.7 Å². The van der Waals surface area contributed by atoms with Crippen molar-refractivity contribution in [2.24, 2.45) is 5.92 Å². The van der Waals surface area contributed by atoms with Crippen molar-refractivity contribution >= 4 is 11.8 Å². The normalized spacial score (nSPS) is 17.8. The number of nitrogens with zero attached hydrogens (tertiary/aromatic N) is 1. The number of amides is 2. The van der Waals surface area contributed by atoms with Crippen LogP contribution in [0.25, 0.3) is 0 Å². The molecule has 20 heavy (non-hydrogen) atoms. The topological polar surface area (TPSA) is 62.6 Å². The van der Waals surface area contributed by atoms with Crippen LogP contribution in [0.5, 0.6) is 0 Å². The minimum absolute atomic E-state index is 0.0143. The van der Waals surface area contributed by atoms with Gasteiger partial charge in [-0.15, -0.1) is 0 Å². The third-order valence-electron chi connectivity index (χ3n) is 3.92. The van der Waals surface area contributed by atoms with Gasteiger partial charge in [-0.2, -0.15) is 0 Å². The molecule has 1 saturated heterocycles. The Morgan fingerprint density at radius 2 is 2.15 bits per heavy atom. The Morgan fingerprint density at radius 3 is 2.70 bits per heavy atom. The number of furan rings is 1. The number of hydrogen-bond acceptors (Lipinski definition) is 3. The molecule has 1 aromatic rings. The summed E-state index contributed by atoms with van der Waals surface area (Å²) < 4.78 is 4.93. The lowest BCUT2D eigenvalue weighted by Crippen LogP contribution is -2.44. The molecule has 5 heteroatoms. The summed E-state index contributed by atoms with van der Waals surface area (Å²) >= 11 is 0. The molecule has 0 unspecified atom stereocenters. The number of likely N-dealkylation sites (tertiary alicyclic amines) is 1. The molecule has 1 aliphatic rings. The van der Waals surface area contributed by atoms with Crippen LogP contribution in [0.2, 0.25) is 0 Å². The van der Waals surface area contributed by atoms with Gasteiger partial charge in [-0.05, 0) is 32.3 Å². The maximum absolute atomic E-state index is 12.1. The highest BCUT2D eigenvalue weighted by Crippen LogP contribution is 2.19. The lowest BCUT2D eigenvalue weighted by Gasteiger charge is -2.31. The number of carbonyl (C=O) groups excluding carboxylic acids is 2. The molecule has 0 radical (unpaired) electrons. The van der Waals surface area contributed by atoms with Crippen molar-refractivity contribution in [2.45, 2.75) is 39.2 Å². The first-order valence-corrected chi connectivity index (χ1v) is 7.23. The fourth-order valence-corrected chi connectivity index (χ4v) is 2.38. The first-order valence-electron chi connectivity index (χ1n) is 7.23. The summed E-state index contributed by atoms with van der Waals surface area (Å²) in [7, 11) is 0. The van der Waals surface area contributed by atoms with E-state index >= 15 is 0 Å². The molecule has 2 heterocycles. The predicted molar refractivity (Wildman–Crippen MR) is 75.2 cm³/mol. The van der Waals surface area contributed by atoms with Gasteiger partial charge in [-0.25, -0.2) is 0 Å². The lowest BCUT2D eigenvalue weighted by molar-refractivity contribution is -0.126. The standard InChI is InChI=1S/C15H22N2O3/c1-3-11(2)16-14(18)12-4-7-17(8-5-12)15(19)13-6-9-20-10-13/h6,9-12H,3-5,7-8H2,1-2H3,(H,16,18)/t11-/m0/s1. The van der Waals surface area contributed by atoms with E-state index in [1.807, 2.05) is 6.92 Å². The van der Waals surface area contributed by atoms with E-state index in [1.54, 1.807) is 11.0 Å². The van der Waals surface area contributed by atoms with E-state index in [0.717, 1.165) is 19.3 Å². The van der Waals surface area contributed by atoms with E-state index in [2.05, 4.69) is 12.2 Å². The van der Waals surface area contributed by atoms with Gasteiger partial charge >= 0.3 is 0 Å². The van der Waals surface area contributed by atoms with Gasteiger partial charge in [0.05, 0.1) is 11.8 Å². The highest BCUT2D eigenvalue weighted by Gasteiger charge is 2.28. The van der Waals surface area contributed by atoms with Crippen LogP contribution in [-0.4, -0.2) is 35.8 Å². The number of carbonyl (C=O) groups is 2. The van der Waals surface area contributed by atoms with E-state index in [9.17, 15) is 9.59 Å². The fraction of sp³-hybridized carbons (Fsp3) is 0.600. The molecule has 110 valence electrons. The predicted octanol–water partition coefficient (Wildman–Crippen LogP) is 2.05. The van der Waals surface area contributed by atoms with Crippen molar-refractivity contribution in [3.8, 4) is 0 Å². The molecular weight excluding hydrogens is 256 g/mol. The van der Waals surface area contributed by atoms with Crippen molar-refractivity contribution in [2.75, 3.05) is 13.1 Å². The van der Waals surface area contributed by atoms with E-state index in [4.69, 9.17) is 4.42 Å². The van der Waals surface area contributed by atoms with Gasteiger partial charge in [-0.1, -0.05) is 6.92 Å². The van der Waals surface area contributed by atoms with Crippen molar-refractivity contribution in [1.29, 1.82) is 0 Å². The Labute approximate surface area is 119 Å². The zero-order valence-electron chi connectivity index (χ0n) is 12.1. The Bertz CT molecular complexity index is 448. The molecule has 0 aromatic carbocycles. The number of nitrogens with one attached hydrogen (secondary N) is 1. The molecule has 1 atom stereocenters. The first kappa shape index (κ1) is 14.6. The van der Waals surface area contributed by atoms with Crippen LogP contribution in [0.15, 0.2) is 23.0 Å². The monoisotopic (exact) mass is 278 g/mol. The molecule has 1 N–H and O–H groups in total. The summed E-state index contributed by atoms with van der Waals surface area (Å²) in [5, 5.41) is 3.01. The molecule has 1 aliphatic heterocycles. The molecule has 0 saturated carbocycles. The Kier molecular flexibility index (Phi) is 4.82. The van der Waals surface area contributed by atoms with Crippen molar-refractivity contribution < 1.29 is 14.0 Å². The third kappa shape index (κ3) is 3.40. The first-order chi connectivity index (χ1) is 9.61. The highest BCUT2D eigenvalue weighted by atomic mass is 16.3. The van der Waals surface area contributed by atoms with Crippen LogP contribution in [0.1, 0.15) is 43.5 Å². The molecule has 0 aliphatic carbocycles. The summed E-state index contributed by atoms with van der Waals surface area (Å²) in [6, 6.07) is 1.89. The number of piperidine rings is 1. The second-order valence-electron chi connectivity index (χ2n) is 5.40. The highest BCUT2D eigenvalue weighted by molar-refractivity contribution is 5.94. The summed E-state index contributed by atoms with van der Waals surface area (Å²) in [5.74, 6) is 0.131. The smallest absolute Gasteiger partial charge is 0.257 e. The van der Waals surface area contributed by atoms with Gasteiger partial charge in [-0.3, -0.25) is 9.59 Å². The van der Waals surface area contributed by atoms with Crippen LogP contribution in [0.4, 0.5) is 0 Å². The fourth-order valence-electron chi connectivity index (χ4n) is 2.38. The quantitative estimate of drug-likeness (QED) is 0.916. The number of hydrogen-bond donors (Lipinski definition) is 1. The van der Waals surface area contributed by atoms with E-state index < -0.39 is 0 Å². The zero-order valence-corrected chi connectivity index (χ0v) is 12.1. The summed E-state index contributed by atoms with van der Waals surface area (Å²) in [5.41, 5.74) is 0.576. The second-order valence-corrected chi connectivity index (χ2v) is 5.40. The summed E-state index contributed by atoms with van der Waals surface area (Å²) in [6.07, 6.45) is 5.35. The molecule has 2 rings (SSSR count). The van der Waals surface area contributed by atoms with Gasteiger partial charge in [0.2, 0.25) is 5.91 Å². The Balaban J connectivity index is 1.83. The molecule has 2 amide bonds.